The fraction of sp³-hybridized carbons (Fsp3) is 0. The Morgan fingerprint density at radius 3 is 1.20 bits per heavy atom. The Kier molecular flexibility index (Phi) is 8.87. The highest BCUT2D eigenvalue weighted by atomic mass is 16.3. The number of nitrogens with zero attached hydrogens (tertiary/aromatic N) is 1. The van der Waals surface area contributed by atoms with E-state index in [1.54, 1.807) is 0 Å². The van der Waals surface area contributed by atoms with E-state index in [0.29, 0.717) is 0 Å². The summed E-state index contributed by atoms with van der Waals surface area (Å²) in [7, 11) is 0. The molecule has 0 aliphatic rings. The molecule has 11 rings (SSSR count). The lowest BCUT2D eigenvalue weighted by Gasteiger charge is -2.26. The van der Waals surface area contributed by atoms with E-state index in [2.05, 4.69) is 241 Å². The number of anilines is 3. The van der Waals surface area contributed by atoms with Crippen LogP contribution in [0.2, 0.25) is 0 Å². The molecule has 0 radical (unpaired) electrons. The first-order valence-electron chi connectivity index (χ1n) is 20.5. The third-order valence-corrected chi connectivity index (χ3v) is 11.7. The summed E-state index contributed by atoms with van der Waals surface area (Å²) in [4.78, 5) is 2.34. The van der Waals surface area contributed by atoms with Gasteiger partial charge in [-0.1, -0.05) is 188 Å². The van der Waals surface area contributed by atoms with Crippen LogP contribution >= 0.6 is 0 Å². The van der Waals surface area contributed by atoms with Gasteiger partial charge >= 0.3 is 0 Å². The molecule has 0 spiro atoms. The van der Waals surface area contributed by atoms with E-state index in [9.17, 15) is 0 Å². The second kappa shape index (κ2) is 15.1. The molecule has 0 saturated carbocycles. The number of benzene rings is 10. The van der Waals surface area contributed by atoms with Crippen molar-refractivity contribution in [1.29, 1.82) is 0 Å². The molecule has 0 atom stereocenters. The third-order valence-electron chi connectivity index (χ3n) is 11.7. The van der Waals surface area contributed by atoms with Crippen LogP contribution in [0.1, 0.15) is 0 Å². The van der Waals surface area contributed by atoms with Crippen LogP contribution in [0, 0.1) is 0 Å². The van der Waals surface area contributed by atoms with Crippen molar-refractivity contribution < 1.29 is 4.42 Å². The van der Waals surface area contributed by atoms with Gasteiger partial charge in [-0.15, -0.1) is 0 Å². The first-order valence-corrected chi connectivity index (χ1v) is 20.5. The zero-order valence-corrected chi connectivity index (χ0v) is 32.9. The van der Waals surface area contributed by atoms with Crippen molar-refractivity contribution in [2.45, 2.75) is 0 Å². The summed E-state index contributed by atoms with van der Waals surface area (Å²) in [6.45, 7) is 0. The number of furan rings is 1. The van der Waals surface area contributed by atoms with Gasteiger partial charge in [0.15, 0.2) is 0 Å². The van der Waals surface area contributed by atoms with E-state index in [-0.39, 0.29) is 0 Å². The Morgan fingerprint density at radius 2 is 0.683 bits per heavy atom. The molecule has 2 heteroatoms. The SMILES string of the molecule is c1ccc(-c2ccc(N(c3ccc(-c4ccccc4)cc3)c3ccc(-c4cc5c(oc6ccc(-c7ccccc7)c(-c7ccccc7)c65)c5ccccc45)cc3)cc2)cc1. The van der Waals surface area contributed by atoms with Crippen LogP contribution in [-0.4, -0.2) is 0 Å². The van der Waals surface area contributed by atoms with Crippen LogP contribution in [0.25, 0.3) is 88.3 Å². The smallest absolute Gasteiger partial charge is 0.143 e. The molecule has 0 aliphatic heterocycles. The maximum atomic E-state index is 6.82. The fourth-order valence-electron chi connectivity index (χ4n) is 8.80. The third kappa shape index (κ3) is 6.32. The van der Waals surface area contributed by atoms with E-state index in [1.807, 2.05) is 0 Å². The van der Waals surface area contributed by atoms with Gasteiger partial charge in [-0.05, 0) is 104 Å². The van der Waals surface area contributed by atoms with Crippen LogP contribution in [0.3, 0.4) is 0 Å². The quantitative estimate of drug-likeness (QED) is 0.153. The van der Waals surface area contributed by atoms with Crippen molar-refractivity contribution in [2.24, 2.45) is 0 Å². The summed E-state index contributed by atoms with van der Waals surface area (Å²) in [6, 6.07) is 84.6. The minimum absolute atomic E-state index is 0.883. The van der Waals surface area contributed by atoms with Crippen molar-refractivity contribution >= 4 is 49.8 Å². The van der Waals surface area contributed by atoms with Gasteiger partial charge in [-0.25, -0.2) is 0 Å². The zero-order valence-electron chi connectivity index (χ0n) is 32.9. The lowest BCUT2D eigenvalue weighted by Crippen LogP contribution is -2.09. The molecule has 0 fully saturated rings. The summed E-state index contributed by atoms with van der Waals surface area (Å²) >= 11 is 0. The van der Waals surface area contributed by atoms with E-state index >= 15 is 0 Å². The van der Waals surface area contributed by atoms with Gasteiger partial charge in [0, 0.05) is 38.8 Å². The topological polar surface area (TPSA) is 16.4 Å². The summed E-state index contributed by atoms with van der Waals surface area (Å²) < 4.78 is 6.82. The molecular formula is C58H39NO. The average Bonchev–Trinajstić information content (AvgIpc) is 3.72. The van der Waals surface area contributed by atoms with Gasteiger partial charge in [-0.3, -0.25) is 0 Å². The second-order valence-corrected chi connectivity index (χ2v) is 15.2. The molecule has 1 heterocycles. The second-order valence-electron chi connectivity index (χ2n) is 15.2. The average molecular weight is 766 g/mol. The summed E-state index contributed by atoms with van der Waals surface area (Å²) in [5.41, 5.74) is 16.9. The van der Waals surface area contributed by atoms with Gasteiger partial charge in [0.25, 0.3) is 0 Å². The zero-order chi connectivity index (χ0) is 39.8. The molecule has 0 saturated heterocycles. The molecule has 0 amide bonds. The molecule has 1 aromatic heterocycles. The van der Waals surface area contributed by atoms with Crippen molar-refractivity contribution in [3.63, 3.8) is 0 Å². The lowest BCUT2D eigenvalue weighted by molar-refractivity contribution is 0.673. The van der Waals surface area contributed by atoms with Crippen LogP contribution < -0.4 is 4.90 Å². The molecule has 282 valence electrons. The predicted octanol–water partition coefficient (Wildman–Crippen LogP) is 16.5. The van der Waals surface area contributed by atoms with Crippen LogP contribution in [0.4, 0.5) is 17.1 Å². The summed E-state index contributed by atoms with van der Waals surface area (Å²) in [5.74, 6) is 0. The Balaban J connectivity index is 1.06. The minimum Gasteiger partial charge on any atom is -0.455 e. The van der Waals surface area contributed by atoms with Crippen LogP contribution in [0.5, 0.6) is 0 Å². The number of fused-ring (bicyclic) bond motifs is 5. The molecule has 0 N–H and O–H groups in total. The Labute approximate surface area is 349 Å². The summed E-state index contributed by atoms with van der Waals surface area (Å²) in [6.07, 6.45) is 0. The molecule has 2 nitrogen and oxygen atoms in total. The predicted molar refractivity (Wildman–Crippen MR) is 253 cm³/mol. The maximum Gasteiger partial charge on any atom is 0.143 e. The van der Waals surface area contributed by atoms with E-state index in [0.717, 1.165) is 60.9 Å². The molecule has 0 aliphatic carbocycles. The molecule has 10 aromatic carbocycles. The normalized spacial score (nSPS) is 11.3. The van der Waals surface area contributed by atoms with Gasteiger partial charge in [0.05, 0.1) is 0 Å². The van der Waals surface area contributed by atoms with Gasteiger partial charge in [0.1, 0.15) is 11.2 Å². The van der Waals surface area contributed by atoms with E-state index in [4.69, 9.17) is 4.42 Å². The lowest BCUT2D eigenvalue weighted by atomic mass is 9.89. The first-order chi connectivity index (χ1) is 29.8. The number of hydrogen-bond donors (Lipinski definition) is 0. The summed E-state index contributed by atoms with van der Waals surface area (Å²) in [5, 5.41) is 4.50. The molecule has 0 unspecified atom stereocenters. The molecule has 0 bridgehead atoms. The van der Waals surface area contributed by atoms with E-state index in [1.165, 1.54) is 44.5 Å². The standard InChI is InChI=1S/C58H39NO/c1-5-15-40(16-6-1)42-25-31-47(32-26-42)59(48-33-27-43(28-34-48)41-17-7-2-8-18-41)49-35-29-45(30-36-49)53-39-54-57-55(60-58(54)52-24-14-13-23-51(52)53)38-37-50(44-19-9-3-10-20-44)56(57)46-21-11-4-12-22-46/h1-39H. The largest absolute Gasteiger partial charge is 0.455 e. The Bertz CT molecular complexity index is 3160. The van der Waals surface area contributed by atoms with Crippen molar-refractivity contribution in [3.8, 4) is 55.6 Å². The monoisotopic (exact) mass is 765 g/mol. The van der Waals surface area contributed by atoms with Gasteiger partial charge in [0.2, 0.25) is 0 Å². The van der Waals surface area contributed by atoms with Gasteiger partial charge < -0.3 is 9.32 Å². The highest BCUT2D eigenvalue weighted by Gasteiger charge is 2.21. The highest BCUT2D eigenvalue weighted by Crippen LogP contribution is 2.47. The fourth-order valence-corrected chi connectivity index (χ4v) is 8.80. The minimum atomic E-state index is 0.883. The van der Waals surface area contributed by atoms with Crippen LogP contribution in [-0.2, 0) is 0 Å². The van der Waals surface area contributed by atoms with Crippen LogP contribution in [0.15, 0.2) is 241 Å². The van der Waals surface area contributed by atoms with Gasteiger partial charge in [-0.2, -0.15) is 0 Å². The Morgan fingerprint density at radius 1 is 0.283 bits per heavy atom. The molecular weight excluding hydrogens is 727 g/mol. The van der Waals surface area contributed by atoms with E-state index < -0.39 is 0 Å². The Hall–Kier alpha value is -7.94. The van der Waals surface area contributed by atoms with Crippen molar-refractivity contribution in [1.82, 2.24) is 0 Å². The maximum absolute atomic E-state index is 6.82. The number of rotatable bonds is 8. The molecule has 11 aromatic rings. The first kappa shape index (κ1) is 35.2. The number of hydrogen-bond acceptors (Lipinski definition) is 2. The van der Waals surface area contributed by atoms with Crippen molar-refractivity contribution in [3.05, 3.63) is 237 Å². The highest BCUT2D eigenvalue weighted by molar-refractivity contribution is 6.23. The molecule has 60 heavy (non-hydrogen) atoms. The van der Waals surface area contributed by atoms with Crippen molar-refractivity contribution in [2.75, 3.05) is 4.90 Å².